The molecule has 0 amide bonds. The molecule has 1 heterocycles. The van der Waals surface area contributed by atoms with Crippen molar-refractivity contribution in [3.8, 4) is 0 Å². The van der Waals surface area contributed by atoms with Gasteiger partial charge in [0.2, 0.25) is 0 Å². The predicted octanol–water partition coefficient (Wildman–Crippen LogP) is 5.22. The molecule has 2 N–H and O–H groups in total. The van der Waals surface area contributed by atoms with Gasteiger partial charge in [0.15, 0.2) is 0 Å². The molecule has 130 valence electrons. The van der Waals surface area contributed by atoms with Gasteiger partial charge in [-0.3, -0.25) is 0 Å². The smallest absolute Gasteiger partial charge is 0.416 e. The van der Waals surface area contributed by atoms with Crippen LogP contribution in [-0.4, -0.2) is 21.8 Å². The van der Waals surface area contributed by atoms with Gasteiger partial charge in [0.25, 0.3) is 0 Å². The molecule has 0 fully saturated rings. The highest BCUT2D eigenvalue weighted by Crippen LogP contribution is 2.33. The zero-order chi connectivity index (χ0) is 18.0. The lowest BCUT2D eigenvalue weighted by Crippen LogP contribution is -2.08. The van der Waals surface area contributed by atoms with Crippen LogP contribution >= 0.6 is 11.8 Å². The van der Waals surface area contributed by atoms with Crippen LogP contribution < -0.4 is 0 Å². The molecule has 0 spiro atoms. The molecular formula is C18H14F3NO2S. The van der Waals surface area contributed by atoms with Crippen LogP contribution in [0.5, 0.6) is 0 Å². The second-order valence-corrected chi connectivity index (χ2v) is 6.61. The number of rotatable bonds is 5. The summed E-state index contributed by atoms with van der Waals surface area (Å²) in [7, 11) is 0. The second kappa shape index (κ2) is 6.84. The van der Waals surface area contributed by atoms with Crippen LogP contribution in [-0.2, 0) is 12.6 Å². The fraction of sp³-hybridized carbons (Fsp3) is 0.167. The third-order valence-electron chi connectivity index (χ3n) is 3.84. The molecule has 25 heavy (non-hydrogen) atoms. The fourth-order valence-electron chi connectivity index (χ4n) is 2.61. The topological polar surface area (TPSA) is 53.1 Å². The van der Waals surface area contributed by atoms with E-state index in [0.717, 1.165) is 22.5 Å². The SMILES string of the molecule is O=C(O)c1cc(C(F)(F)F)ccc1SCCc1c[nH]c2ccccc12. The number of hydrogen-bond donors (Lipinski definition) is 2. The average molecular weight is 365 g/mol. The number of nitrogens with one attached hydrogen (secondary N) is 1. The molecule has 0 radical (unpaired) electrons. The number of para-hydroxylation sites is 1. The van der Waals surface area contributed by atoms with Gasteiger partial charge in [-0.15, -0.1) is 11.8 Å². The van der Waals surface area contributed by atoms with E-state index in [1.807, 2.05) is 30.5 Å². The number of aryl methyl sites for hydroxylation is 1. The first-order valence-electron chi connectivity index (χ1n) is 7.48. The van der Waals surface area contributed by atoms with E-state index in [9.17, 15) is 23.1 Å². The van der Waals surface area contributed by atoms with E-state index in [1.54, 1.807) is 0 Å². The van der Waals surface area contributed by atoms with Crippen molar-refractivity contribution in [3.05, 3.63) is 65.4 Å². The normalized spacial score (nSPS) is 11.8. The maximum Gasteiger partial charge on any atom is 0.416 e. The average Bonchev–Trinajstić information content (AvgIpc) is 2.97. The third-order valence-corrected chi connectivity index (χ3v) is 4.92. The molecule has 0 unspecified atom stereocenters. The van der Waals surface area contributed by atoms with Crippen molar-refractivity contribution in [2.75, 3.05) is 5.75 Å². The van der Waals surface area contributed by atoms with Gasteiger partial charge in [0, 0.05) is 27.7 Å². The number of thioether (sulfide) groups is 1. The van der Waals surface area contributed by atoms with E-state index in [4.69, 9.17) is 0 Å². The van der Waals surface area contributed by atoms with E-state index in [1.165, 1.54) is 17.8 Å². The number of carboxylic acids is 1. The van der Waals surface area contributed by atoms with Crippen LogP contribution in [0.4, 0.5) is 13.2 Å². The number of hydrogen-bond acceptors (Lipinski definition) is 2. The molecule has 0 aliphatic rings. The van der Waals surface area contributed by atoms with Crippen LogP contribution in [0.25, 0.3) is 10.9 Å². The van der Waals surface area contributed by atoms with E-state index in [0.29, 0.717) is 23.1 Å². The van der Waals surface area contributed by atoms with Crippen LogP contribution in [0, 0.1) is 0 Å². The van der Waals surface area contributed by atoms with E-state index >= 15 is 0 Å². The van der Waals surface area contributed by atoms with Crippen molar-refractivity contribution in [2.45, 2.75) is 17.5 Å². The number of H-pyrrole nitrogens is 1. The van der Waals surface area contributed by atoms with Crippen molar-refractivity contribution in [1.82, 2.24) is 4.98 Å². The van der Waals surface area contributed by atoms with Gasteiger partial charge >= 0.3 is 12.1 Å². The molecule has 0 aliphatic heterocycles. The number of aromatic amines is 1. The zero-order valence-electron chi connectivity index (χ0n) is 12.9. The summed E-state index contributed by atoms with van der Waals surface area (Å²) in [6, 6.07) is 10.7. The van der Waals surface area contributed by atoms with Gasteiger partial charge in [-0.05, 0) is 36.2 Å². The monoisotopic (exact) mass is 365 g/mol. The largest absolute Gasteiger partial charge is 0.478 e. The summed E-state index contributed by atoms with van der Waals surface area (Å²) in [4.78, 5) is 14.8. The molecule has 3 aromatic rings. The van der Waals surface area contributed by atoms with Gasteiger partial charge in [0.05, 0.1) is 11.1 Å². The number of fused-ring (bicyclic) bond motifs is 1. The maximum atomic E-state index is 12.7. The molecule has 7 heteroatoms. The highest BCUT2D eigenvalue weighted by atomic mass is 32.2. The first-order chi connectivity index (χ1) is 11.9. The van der Waals surface area contributed by atoms with Crippen molar-refractivity contribution in [3.63, 3.8) is 0 Å². The predicted molar refractivity (Wildman–Crippen MR) is 91.1 cm³/mol. The molecule has 3 rings (SSSR count). The van der Waals surface area contributed by atoms with E-state index in [2.05, 4.69) is 4.98 Å². The number of carboxylic acid groups (broad SMARTS) is 1. The lowest BCUT2D eigenvalue weighted by Gasteiger charge is -2.11. The maximum absolute atomic E-state index is 12.7. The number of halogens is 3. The van der Waals surface area contributed by atoms with Gasteiger partial charge in [-0.2, -0.15) is 13.2 Å². The van der Waals surface area contributed by atoms with Crippen molar-refractivity contribution in [1.29, 1.82) is 0 Å². The Morgan fingerprint density at radius 2 is 1.92 bits per heavy atom. The minimum atomic E-state index is -4.56. The first-order valence-corrected chi connectivity index (χ1v) is 8.47. The second-order valence-electron chi connectivity index (χ2n) is 5.47. The Morgan fingerprint density at radius 1 is 1.16 bits per heavy atom. The lowest BCUT2D eigenvalue weighted by atomic mass is 10.1. The summed E-state index contributed by atoms with van der Waals surface area (Å²) in [6.45, 7) is 0. The summed E-state index contributed by atoms with van der Waals surface area (Å²) >= 11 is 1.24. The van der Waals surface area contributed by atoms with Crippen LogP contribution in [0.2, 0.25) is 0 Å². The summed E-state index contributed by atoms with van der Waals surface area (Å²) in [5.74, 6) is -0.797. The van der Waals surface area contributed by atoms with Gasteiger partial charge in [0.1, 0.15) is 0 Å². The Labute approximate surface area is 145 Å². The Balaban J connectivity index is 1.75. The molecule has 0 aliphatic carbocycles. The Morgan fingerprint density at radius 3 is 2.64 bits per heavy atom. The molecule has 2 aromatic carbocycles. The summed E-state index contributed by atoms with van der Waals surface area (Å²) in [6.07, 6.45) is -1.98. The highest BCUT2D eigenvalue weighted by molar-refractivity contribution is 7.99. The Kier molecular flexibility index (Phi) is 4.76. The van der Waals surface area contributed by atoms with E-state index < -0.39 is 17.7 Å². The molecule has 0 bridgehead atoms. The number of aromatic nitrogens is 1. The summed E-state index contributed by atoms with van der Waals surface area (Å²) in [5, 5.41) is 10.3. The summed E-state index contributed by atoms with van der Waals surface area (Å²) in [5.41, 5.74) is 0.833. The molecule has 0 atom stereocenters. The summed E-state index contributed by atoms with van der Waals surface area (Å²) < 4.78 is 38.2. The highest BCUT2D eigenvalue weighted by Gasteiger charge is 2.31. The van der Waals surface area contributed by atoms with Crippen LogP contribution in [0.3, 0.4) is 0 Å². The molecule has 0 saturated carbocycles. The molecular weight excluding hydrogens is 351 g/mol. The van der Waals surface area contributed by atoms with Crippen molar-refractivity contribution < 1.29 is 23.1 Å². The third kappa shape index (κ3) is 3.82. The zero-order valence-corrected chi connectivity index (χ0v) is 13.7. The van der Waals surface area contributed by atoms with Crippen LogP contribution in [0.15, 0.2) is 53.6 Å². The van der Waals surface area contributed by atoms with Crippen LogP contribution in [0.1, 0.15) is 21.5 Å². The Bertz CT molecular complexity index is 918. The minimum absolute atomic E-state index is 0.321. The quantitative estimate of drug-likeness (QED) is 0.610. The van der Waals surface area contributed by atoms with Crippen molar-refractivity contribution in [2.24, 2.45) is 0 Å². The molecule has 1 aromatic heterocycles. The van der Waals surface area contributed by atoms with Gasteiger partial charge < -0.3 is 10.1 Å². The number of carbonyl (C=O) groups is 1. The van der Waals surface area contributed by atoms with Gasteiger partial charge in [-0.25, -0.2) is 4.79 Å². The molecule has 3 nitrogen and oxygen atoms in total. The molecule has 0 saturated heterocycles. The van der Waals surface area contributed by atoms with Crippen molar-refractivity contribution >= 4 is 28.6 Å². The minimum Gasteiger partial charge on any atom is -0.478 e. The number of alkyl halides is 3. The first kappa shape index (κ1) is 17.4. The Hall–Kier alpha value is -2.41. The van der Waals surface area contributed by atoms with Gasteiger partial charge in [-0.1, -0.05) is 18.2 Å². The number of benzene rings is 2. The fourth-order valence-corrected chi connectivity index (χ4v) is 3.62. The number of aromatic carboxylic acids is 1. The standard InChI is InChI=1S/C18H14F3NO2S/c19-18(20,21)12-5-6-16(14(9-12)17(23)24)25-8-7-11-10-22-15-4-2-1-3-13(11)15/h1-6,9-10,22H,7-8H2,(H,23,24). The van der Waals surface area contributed by atoms with E-state index in [-0.39, 0.29) is 5.56 Å². The lowest BCUT2D eigenvalue weighted by molar-refractivity contribution is -0.137.